The predicted molar refractivity (Wildman–Crippen MR) is 111 cm³/mol. The molecule has 0 bridgehead atoms. The van der Waals surface area contributed by atoms with E-state index < -0.39 is 0 Å². The van der Waals surface area contributed by atoms with Crippen LogP contribution in [-0.4, -0.2) is 47.3 Å². The summed E-state index contributed by atoms with van der Waals surface area (Å²) in [4.78, 5) is 29.9. The molecule has 1 aliphatic carbocycles. The summed E-state index contributed by atoms with van der Waals surface area (Å²) in [6, 6.07) is 14.2. The molecule has 2 aliphatic rings. The molecule has 0 spiro atoms. The van der Waals surface area contributed by atoms with Gasteiger partial charge in [0, 0.05) is 31.6 Å². The van der Waals surface area contributed by atoms with Crippen molar-refractivity contribution in [3.63, 3.8) is 0 Å². The van der Waals surface area contributed by atoms with Crippen molar-refractivity contribution in [3.05, 3.63) is 60.1 Å². The monoisotopic (exact) mass is 394 g/mol. The van der Waals surface area contributed by atoms with Crippen LogP contribution in [0.4, 0.5) is 0 Å². The normalized spacial score (nSPS) is 18.1. The SMILES string of the molecule is O=C(c1ccco1)N1CCC(C(=O)N(CCc2ccccc2)C2CCCC2)CC1. The lowest BCUT2D eigenvalue weighted by Gasteiger charge is -2.36. The van der Waals surface area contributed by atoms with Crippen molar-refractivity contribution < 1.29 is 14.0 Å². The van der Waals surface area contributed by atoms with Gasteiger partial charge in [-0.1, -0.05) is 43.2 Å². The number of amides is 2. The molecule has 1 saturated heterocycles. The molecular weight excluding hydrogens is 364 g/mol. The molecule has 2 heterocycles. The number of likely N-dealkylation sites (tertiary alicyclic amines) is 1. The minimum absolute atomic E-state index is 0.0204. The average molecular weight is 395 g/mol. The van der Waals surface area contributed by atoms with Gasteiger partial charge < -0.3 is 14.2 Å². The van der Waals surface area contributed by atoms with Gasteiger partial charge in [-0.2, -0.15) is 0 Å². The zero-order valence-corrected chi connectivity index (χ0v) is 17.0. The van der Waals surface area contributed by atoms with E-state index in [0.29, 0.717) is 24.9 Å². The first kappa shape index (κ1) is 19.7. The molecule has 2 aromatic rings. The van der Waals surface area contributed by atoms with E-state index in [1.54, 1.807) is 12.1 Å². The van der Waals surface area contributed by atoms with Crippen LogP contribution in [0.25, 0.3) is 0 Å². The van der Waals surface area contributed by atoms with Gasteiger partial charge in [0.25, 0.3) is 5.91 Å². The first-order chi connectivity index (χ1) is 14.2. The number of furan rings is 1. The fourth-order valence-corrected chi connectivity index (χ4v) is 4.70. The van der Waals surface area contributed by atoms with Crippen LogP contribution in [0.3, 0.4) is 0 Å². The Hall–Kier alpha value is -2.56. The molecular formula is C24H30N2O3. The second-order valence-electron chi connectivity index (χ2n) is 8.25. The number of nitrogens with zero attached hydrogens (tertiary/aromatic N) is 2. The third-order valence-corrected chi connectivity index (χ3v) is 6.40. The molecule has 0 radical (unpaired) electrons. The maximum Gasteiger partial charge on any atom is 0.289 e. The Kier molecular flexibility index (Phi) is 6.33. The molecule has 1 saturated carbocycles. The fourth-order valence-electron chi connectivity index (χ4n) is 4.70. The average Bonchev–Trinajstić information content (AvgIpc) is 3.49. The summed E-state index contributed by atoms with van der Waals surface area (Å²) in [6.45, 7) is 2.03. The van der Waals surface area contributed by atoms with Crippen molar-refractivity contribution in [1.29, 1.82) is 0 Å². The van der Waals surface area contributed by atoms with Gasteiger partial charge in [-0.05, 0) is 49.8 Å². The number of hydrogen-bond donors (Lipinski definition) is 0. The van der Waals surface area contributed by atoms with Gasteiger partial charge in [-0.3, -0.25) is 9.59 Å². The second kappa shape index (κ2) is 9.29. The minimum Gasteiger partial charge on any atom is -0.459 e. The maximum atomic E-state index is 13.4. The number of rotatable bonds is 6. The first-order valence-electron chi connectivity index (χ1n) is 10.9. The Bertz CT molecular complexity index is 789. The third-order valence-electron chi connectivity index (χ3n) is 6.40. The molecule has 5 heteroatoms. The van der Waals surface area contributed by atoms with E-state index in [-0.39, 0.29) is 17.7 Å². The van der Waals surface area contributed by atoms with Crippen LogP contribution in [0, 0.1) is 5.92 Å². The summed E-state index contributed by atoms with van der Waals surface area (Å²) < 4.78 is 5.24. The van der Waals surface area contributed by atoms with Crippen molar-refractivity contribution in [1.82, 2.24) is 9.80 Å². The predicted octanol–water partition coefficient (Wildman–Crippen LogP) is 4.15. The molecule has 5 nitrogen and oxygen atoms in total. The fraction of sp³-hybridized carbons (Fsp3) is 0.500. The van der Waals surface area contributed by atoms with Crippen molar-refractivity contribution >= 4 is 11.8 Å². The van der Waals surface area contributed by atoms with Crippen LogP contribution < -0.4 is 0 Å². The van der Waals surface area contributed by atoms with E-state index in [2.05, 4.69) is 29.2 Å². The van der Waals surface area contributed by atoms with Crippen LogP contribution in [-0.2, 0) is 11.2 Å². The van der Waals surface area contributed by atoms with Gasteiger partial charge in [0.05, 0.1) is 6.26 Å². The Morgan fingerprint density at radius 3 is 2.34 bits per heavy atom. The highest BCUT2D eigenvalue weighted by atomic mass is 16.3. The van der Waals surface area contributed by atoms with E-state index in [1.807, 2.05) is 11.0 Å². The van der Waals surface area contributed by atoms with Gasteiger partial charge in [-0.25, -0.2) is 0 Å². The van der Waals surface area contributed by atoms with E-state index in [4.69, 9.17) is 4.42 Å². The van der Waals surface area contributed by atoms with Crippen molar-refractivity contribution in [2.24, 2.45) is 5.92 Å². The van der Waals surface area contributed by atoms with Gasteiger partial charge in [0.2, 0.25) is 5.91 Å². The van der Waals surface area contributed by atoms with Gasteiger partial charge in [-0.15, -0.1) is 0 Å². The number of hydrogen-bond acceptors (Lipinski definition) is 3. The summed E-state index contributed by atoms with van der Waals surface area (Å²) in [5, 5.41) is 0. The van der Waals surface area contributed by atoms with Crippen LogP contribution >= 0.6 is 0 Å². The highest BCUT2D eigenvalue weighted by Crippen LogP contribution is 2.28. The summed E-state index contributed by atoms with van der Waals surface area (Å²) in [5.74, 6) is 0.618. The van der Waals surface area contributed by atoms with E-state index in [1.165, 1.54) is 24.7 Å². The number of carbonyl (C=O) groups is 2. The third kappa shape index (κ3) is 4.72. The molecule has 4 rings (SSSR count). The summed E-state index contributed by atoms with van der Waals surface area (Å²) >= 11 is 0. The van der Waals surface area contributed by atoms with Crippen LogP contribution in [0.2, 0.25) is 0 Å². The summed E-state index contributed by atoms with van der Waals surface area (Å²) in [5.41, 5.74) is 1.28. The number of benzene rings is 1. The van der Waals surface area contributed by atoms with Crippen molar-refractivity contribution in [3.8, 4) is 0 Å². The zero-order valence-electron chi connectivity index (χ0n) is 17.0. The molecule has 1 aromatic heterocycles. The van der Waals surface area contributed by atoms with Gasteiger partial charge in [0.1, 0.15) is 0 Å². The molecule has 0 unspecified atom stereocenters. The van der Waals surface area contributed by atoms with E-state index in [0.717, 1.165) is 38.6 Å². The Morgan fingerprint density at radius 2 is 1.69 bits per heavy atom. The molecule has 154 valence electrons. The smallest absolute Gasteiger partial charge is 0.289 e. The largest absolute Gasteiger partial charge is 0.459 e. The first-order valence-corrected chi connectivity index (χ1v) is 10.9. The van der Waals surface area contributed by atoms with E-state index in [9.17, 15) is 9.59 Å². The number of piperidine rings is 1. The molecule has 1 aliphatic heterocycles. The Balaban J connectivity index is 1.36. The summed E-state index contributed by atoms with van der Waals surface area (Å²) in [6.07, 6.45) is 8.58. The minimum atomic E-state index is -0.0716. The quantitative estimate of drug-likeness (QED) is 0.740. The standard InChI is InChI=1S/C24H30N2O3/c27-23(20-13-15-25(16-14-20)24(28)22-11-6-18-29-22)26(21-9-4-5-10-21)17-12-19-7-2-1-3-8-19/h1-3,6-8,11,18,20-21H,4-5,9-10,12-17H2. The molecule has 2 amide bonds. The van der Waals surface area contributed by atoms with Crippen LogP contribution in [0.1, 0.15) is 54.6 Å². The highest BCUT2D eigenvalue weighted by molar-refractivity contribution is 5.91. The highest BCUT2D eigenvalue weighted by Gasteiger charge is 2.34. The lowest BCUT2D eigenvalue weighted by molar-refractivity contribution is -0.139. The maximum absolute atomic E-state index is 13.4. The van der Waals surface area contributed by atoms with Crippen LogP contribution in [0.5, 0.6) is 0 Å². The van der Waals surface area contributed by atoms with Gasteiger partial charge >= 0.3 is 0 Å². The zero-order chi connectivity index (χ0) is 20.1. The Labute approximate surface area is 172 Å². The second-order valence-corrected chi connectivity index (χ2v) is 8.25. The van der Waals surface area contributed by atoms with Crippen molar-refractivity contribution in [2.75, 3.05) is 19.6 Å². The topological polar surface area (TPSA) is 53.8 Å². The summed E-state index contributed by atoms with van der Waals surface area (Å²) in [7, 11) is 0. The van der Waals surface area contributed by atoms with Crippen molar-refractivity contribution in [2.45, 2.75) is 51.0 Å². The lowest BCUT2D eigenvalue weighted by Crippen LogP contribution is -2.47. The Morgan fingerprint density at radius 1 is 0.966 bits per heavy atom. The molecule has 1 aromatic carbocycles. The molecule has 2 fully saturated rings. The molecule has 0 N–H and O–H groups in total. The number of carbonyl (C=O) groups excluding carboxylic acids is 2. The molecule has 0 atom stereocenters. The lowest BCUT2D eigenvalue weighted by atomic mass is 9.94. The van der Waals surface area contributed by atoms with Gasteiger partial charge in [0.15, 0.2) is 5.76 Å². The molecule has 29 heavy (non-hydrogen) atoms. The van der Waals surface area contributed by atoms with Crippen LogP contribution in [0.15, 0.2) is 53.1 Å². The van der Waals surface area contributed by atoms with E-state index >= 15 is 0 Å².